The molecule has 0 bridgehead atoms. The van der Waals surface area contributed by atoms with Gasteiger partial charge in [0.25, 0.3) is 0 Å². The molecule has 0 aliphatic carbocycles. The van der Waals surface area contributed by atoms with Crippen LogP contribution < -0.4 is 4.18 Å². The fourth-order valence-electron chi connectivity index (χ4n) is 1.78. The van der Waals surface area contributed by atoms with Crippen LogP contribution in [0.5, 0.6) is 11.5 Å². The summed E-state index contributed by atoms with van der Waals surface area (Å²) < 4.78 is 134. The number of phenols is 1. The van der Waals surface area contributed by atoms with Gasteiger partial charge in [-0.25, -0.2) is 0 Å². The van der Waals surface area contributed by atoms with E-state index in [2.05, 4.69) is 9.17 Å². The lowest BCUT2D eigenvalue weighted by molar-refractivity contribution is 0.386. The Hall–Kier alpha value is -2.90. The molecule has 0 aliphatic rings. The quantitative estimate of drug-likeness (QED) is 0.671. The van der Waals surface area contributed by atoms with E-state index >= 15 is 0 Å². The molecule has 2 aromatic carbocycles. The summed E-state index contributed by atoms with van der Waals surface area (Å²) in [6.07, 6.45) is -0.934. The van der Waals surface area contributed by atoms with Crippen LogP contribution >= 0.6 is 0 Å². The molecule has 0 saturated heterocycles. The van der Waals surface area contributed by atoms with E-state index in [0.29, 0.717) is 6.07 Å². The van der Waals surface area contributed by atoms with Crippen molar-refractivity contribution in [1.29, 1.82) is 0 Å². The second-order valence-electron chi connectivity index (χ2n) is 4.34. The van der Waals surface area contributed by atoms with E-state index in [4.69, 9.17) is 19.6 Å². The molecule has 0 amide bonds. The van der Waals surface area contributed by atoms with Crippen LogP contribution in [-0.2, 0) is 10.4 Å². The van der Waals surface area contributed by atoms with E-state index in [1.807, 2.05) is 0 Å². The van der Waals surface area contributed by atoms with Gasteiger partial charge in [-0.1, -0.05) is 30.2 Å². The summed E-state index contributed by atoms with van der Waals surface area (Å²) in [6, 6.07) is -9.66. The Balaban J connectivity index is 2.63. The minimum atomic E-state index is -5.33. The zero-order chi connectivity index (χ0) is 28.4. The molecule has 25 heavy (non-hydrogen) atoms. The maximum atomic E-state index is 11.2. The Morgan fingerprint density at radius 3 is 2.48 bits per heavy atom. The Kier molecular flexibility index (Phi) is 2.09. The predicted octanol–water partition coefficient (Wildman–Crippen LogP) is 3.15. The summed E-state index contributed by atoms with van der Waals surface area (Å²) in [6.45, 7) is 0. The maximum absolute atomic E-state index is 11.2. The minimum Gasteiger partial charge on any atom is -0.508 e. The zero-order valence-electron chi connectivity index (χ0n) is 24.1. The molecular formula is C18H15NO5S. The van der Waals surface area contributed by atoms with Crippen molar-refractivity contribution < 1.29 is 38.7 Å². The first kappa shape index (κ1) is 7.55. The summed E-state index contributed by atoms with van der Waals surface area (Å²) in [4.78, 5) is 3.66. The fraction of sp³-hybridized carbons (Fsp3) is 0.0556. The molecular weight excluding hydrogens is 342 g/mol. The van der Waals surface area contributed by atoms with Gasteiger partial charge in [0.05, 0.1) is 26.7 Å². The average molecular weight is 369 g/mol. The highest BCUT2D eigenvalue weighted by atomic mass is 32.3. The van der Waals surface area contributed by atoms with Crippen LogP contribution in [0.15, 0.2) is 72.7 Å². The summed E-state index contributed by atoms with van der Waals surface area (Å²) in [5.41, 5.74) is -2.73. The number of aromatic nitrogens is 1. The first-order valence-corrected chi connectivity index (χ1v) is 7.75. The van der Waals surface area contributed by atoms with Gasteiger partial charge in [0.15, 0.2) is 0 Å². The molecule has 128 valence electrons. The van der Waals surface area contributed by atoms with Gasteiger partial charge in [-0.2, -0.15) is 8.42 Å². The largest absolute Gasteiger partial charge is 0.508 e. The molecule has 6 nitrogen and oxygen atoms in total. The highest BCUT2D eigenvalue weighted by Gasteiger charge is 2.18. The second kappa shape index (κ2) is 6.92. The van der Waals surface area contributed by atoms with Crippen molar-refractivity contribution in [1.82, 2.24) is 4.98 Å². The number of hydrogen-bond acceptors (Lipinski definition) is 5. The van der Waals surface area contributed by atoms with Gasteiger partial charge in [0, 0.05) is 7.54 Å². The van der Waals surface area contributed by atoms with Crippen molar-refractivity contribution in [2.75, 3.05) is 0 Å². The van der Waals surface area contributed by atoms with Crippen molar-refractivity contribution in [3.8, 4) is 11.5 Å². The number of nitrogens with zero attached hydrogens (tertiary/aromatic N) is 1. The van der Waals surface area contributed by atoms with Crippen molar-refractivity contribution in [3.05, 3.63) is 89.5 Å². The van der Waals surface area contributed by atoms with Gasteiger partial charge in [-0.05, 0) is 47.4 Å². The summed E-state index contributed by atoms with van der Waals surface area (Å²) >= 11 is 0. The van der Waals surface area contributed by atoms with Crippen LogP contribution in [0.3, 0.4) is 0 Å². The highest BCUT2D eigenvalue weighted by molar-refractivity contribution is 7.81. The first-order valence-electron chi connectivity index (χ1n) is 12.4. The molecule has 1 atom stereocenters. The van der Waals surface area contributed by atoms with Crippen LogP contribution in [-0.4, -0.2) is 23.1 Å². The van der Waals surface area contributed by atoms with Crippen molar-refractivity contribution in [2.24, 2.45) is 0 Å². The van der Waals surface area contributed by atoms with Gasteiger partial charge in [-0.3, -0.25) is 9.54 Å². The number of aromatic hydroxyl groups is 1. The smallest absolute Gasteiger partial charge is 0.446 e. The number of hydrogen-bond donors (Lipinski definition) is 2. The van der Waals surface area contributed by atoms with Crippen molar-refractivity contribution >= 4 is 10.4 Å². The van der Waals surface area contributed by atoms with Crippen molar-refractivity contribution in [3.63, 3.8) is 0 Å². The third-order valence-corrected chi connectivity index (χ3v) is 3.06. The molecule has 1 aromatic heterocycles. The van der Waals surface area contributed by atoms with Crippen LogP contribution in [0.2, 0.25) is 0 Å². The standard InChI is InChI=1S/C18H15NO5S/c20-15-8-4-13(5-9-15)18(17-3-1-2-12-19-17)14-6-10-16(11-7-14)24-25(21,22)23/h1-12,18,20H,(H,21,22,23)/i1D,2D,3D,4D,6D,7D,8D,9D,10D,11D,12D,18D. The van der Waals surface area contributed by atoms with E-state index in [9.17, 15) is 14.9 Å². The van der Waals surface area contributed by atoms with Gasteiger partial charge in [0.2, 0.25) is 0 Å². The van der Waals surface area contributed by atoms with Gasteiger partial charge >= 0.3 is 10.4 Å². The minimum absolute atomic E-state index is 0.667. The van der Waals surface area contributed by atoms with E-state index < -0.39 is 111 Å². The predicted molar refractivity (Wildman–Crippen MR) is 91.9 cm³/mol. The molecule has 1 unspecified atom stereocenters. The van der Waals surface area contributed by atoms with Gasteiger partial charge in [-0.15, -0.1) is 0 Å². The van der Waals surface area contributed by atoms with E-state index in [1.54, 1.807) is 0 Å². The molecule has 0 radical (unpaired) electrons. The van der Waals surface area contributed by atoms with Gasteiger partial charge in [0.1, 0.15) is 11.5 Å². The Bertz CT molecular complexity index is 1490. The highest BCUT2D eigenvalue weighted by Crippen LogP contribution is 2.32. The molecule has 2 N–H and O–H groups in total. The van der Waals surface area contributed by atoms with Crippen LogP contribution in [0.25, 0.3) is 0 Å². The molecule has 7 heteroatoms. The number of phenolic OH excluding ortho intramolecular Hbond substituents is 1. The molecule has 0 fully saturated rings. The molecule has 1 heterocycles. The summed E-state index contributed by atoms with van der Waals surface area (Å²) in [7, 11) is -5.33. The van der Waals surface area contributed by atoms with Gasteiger partial charge < -0.3 is 9.29 Å². The first-order chi connectivity index (χ1) is 16.9. The third-order valence-electron chi connectivity index (χ3n) is 2.68. The average Bonchev–Trinajstić information content (AvgIpc) is 2.81. The zero-order valence-corrected chi connectivity index (χ0v) is 12.9. The van der Waals surface area contributed by atoms with Crippen LogP contribution in [0.1, 0.15) is 39.2 Å². The number of benzene rings is 2. The monoisotopic (exact) mass is 369 g/mol. The fourth-order valence-corrected chi connectivity index (χ4v) is 2.07. The van der Waals surface area contributed by atoms with Crippen LogP contribution in [0.4, 0.5) is 0 Å². The Morgan fingerprint density at radius 2 is 1.76 bits per heavy atom. The topological polar surface area (TPSA) is 96.7 Å². The molecule has 3 aromatic rings. The molecule has 3 rings (SSSR count). The number of rotatable bonds is 5. The summed E-state index contributed by atoms with van der Waals surface area (Å²) in [5, 5.41) is 9.91. The van der Waals surface area contributed by atoms with Crippen molar-refractivity contribution in [2.45, 2.75) is 5.89 Å². The lowest BCUT2D eigenvalue weighted by atomic mass is 9.88. The maximum Gasteiger partial charge on any atom is 0.446 e. The summed E-state index contributed by atoms with van der Waals surface area (Å²) in [5.74, 6) is -5.29. The van der Waals surface area contributed by atoms with Crippen LogP contribution in [0, 0.1) is 0 Å². The lowest BCUT2D eigenvalue weighted by Crippen LogP contribution is -2.08. The van der Waals surface area contributed by atoms with E-state index in [-0.39, 0.29) is 0 Å². The lowest BCUT2D eigenvalue weighted by Gasteiger charge is -2.18. The number of pyridine rings is 1. The third kappa shape index (κ3) is 4.34. The Labute approximate surface area is 162 Å². The molecule has 0 aliphatic heterocycles. The van der Waals surface area contributed by atoms with E-state index in [0.717, 1.165) is 0 Å². The second-order valence-corrected chi connectivity index (χ2v) is 5.36. The normalized spacial score (nSPS) is 20.5. The molecule has 0 spiro atoms. The van der Waals surface area contributed by atoms with E-state index in [1.165, 1.54) is 0 Å². The Morgan fingerprint density at radius 1 is 1.04 bits per heavy atom. The SMILES string of the molecule is [2H]c1cc(C([2H])(c2nc([2H])c([2H])c([2H])c2[2H])c2c([2H])c([2H])c(OS(=O)(=O)O)c([2H])c2[2H])c([2H])c([2H])c1O. The molecule has 0 saturated carbocycles.